The molecule has 0 aliphatic rings. The van der Waals surface area contributed by atoms with Crippen LogP contribution in [0.2, 0.25) is 0 Å². The van der Waals surface area contributed by atoms with E-state index in [1.807, 2.05) is 12.1 Å². The molecule has 0 bridgehead atoms. The molecule has 0 saturated carbocycles. The summed E-state index contributed by atoms with van der Waals surface area (Å²) in [7, 11) is 0. The van der Waals surface area contributed by atoms with Gasteiger partial charge in [-0.3, -0.25) is 0 Å². The summed E-state index contributed by atoms with van der Waals surface area (Å²) in [4.78, 5) is 2.30. The first kappa shape index (κ1) is 24.7. The summed E-state index contributed by atoms with van der Waals surface area (Å²) in [5.74, 6) is 0.912. The Morgan fingerprint density at radius 3 is 1.68 bits per heavy atom. The molecule has 7 aromatic rings. The second-order valence-corrected chi connectivity index (χ2v) is 10.3. The molecule has 6 aromatic carbocycles. The summed E-state index contributed by atoms with van der Waals surface area (Å²) < 4.78 is 6.32. The Kier molecular flexibility index (Phi) is 6.42. The van der Waals surface area contributed by atoms with E-state index in [9.17, 15) is 0 Å². The van der Waals surface area contributed by atoms with Gasteiger partial charge in [0.1, 0.15) is 11.3 Å². The van der Waals surface area contributed by atoms with E-state index >= 15 is 0 Å². The molecule has 7 rings (SSSR count). The SMILES string of the molecule is Cc1c(-c2cccc(N(c3ccccc3)c3ccc(-c4cccc(-c5ccccc5)c4)cc3)c2)oc2ccccc12. The molecule has 196 valence electrons. The fourth-order valence-corrected chi connectivity index (χ4v) is 5.57. The topological polar surface area (TPSA) is 16.4 Å². The van der Waals surface area contributed by atoms with Crippen LogP contribution in [0, 0.1) is 6.92 Å². The van der Waals surface area contributed by atoms with Gasteiger partial charge in [0, 0.05) is 33.6 Å². The van der Waals surface area contributed by atoms with Gasteiger partial charge in [-0.1, -0.05) is 109 Å². The van der Waals surface area contributed by atoms with Gasteiger partial charge in [-0.15, -0.1) is 0 Å². The average Bonchev–Trinajstić information content (AvgIpc) is 3.39. The highest BCUT2D eigenvalue weighted by atomic mass is 16.3. The number of para-hydroxylation sites is 2. The van der Waals surface area contributed by atoms with Crippen molar-refractivity contribution in [1.29, 1.82) is 0 Å². The van der Waals surface area contributed by atoms with E-state index in [0.29, 0.717) is 0 Å². The van der Waals surface area contributed by atoms with E-state index in [4.69, 9.17) is 4.42 Å². The van der Waals surface area contributed by atoms with Crippen molar-refractivity contribution in [1.82, 2.24) is 0 Å². The summed E-state index contributed by atoms with van der Waals surface area (Å²) in [6.07, 6.45) is 0. The number of rotatable bonds is 6. The minimum atomic E-state index is 0.912. The van der Waals surface area contributed by atoms with Gasteiger partial charge in [0.05, 0.1) is 0 Å². The fourth-order valence-electron chi connectivity index (χ4n) is 5.57. The molecule has 0 spiro atoms. The lowest BCUT2D eigenvalue weighted by Crippen LogP contribution is -2.09. The van der Waals surface area contributed by atoms with E-state index in [0.717, 1.165) is 44.9 Å². The van der Waals surface area contributed by atoms with Crippen LogP contribution in [0.1, 0.15) is 5.56 Å². The molecule has 1 aromatic heterocycles. The summed E-state index contributed by atoms with van der Waals surface area (Å²) in [6, 6.07) is 55.5. The van der Waals surface area contributed by atoms with Gasteiger partial charge in [0.2, 0.25) is 0 Å². The Morgan fingerprint density at radius 2 is 0.951 bits per heavy atom. The molecule has 2 heteroatoms. The zero-order valence-corrected chi connectivity index (χ0v) is 22.9. The predicted molar refractivity (Wildman–Crippen MR) is 172 cm³/mol. The van der Waals surface area contributed by atoms with Gasteiger partial charge in [-0.25, -0.2) is 0 Å². The number of hydrogen-bond donors (Lipinski definition) is 0. The molecular formula is C39H29NO. The quantitative estimate of drug-likeness (QED) is 0.214. The third-order valence-corrected chi connectivity index (χ3v) is 7.65. The van der Waals surface area contributed by atoms with Crippen molar-refractivity contribution >= 4 is 28.0 Å². The molecule has 0 radical (unpaired) electrons. The van der Waals surface area contributed by atoms with Gasteiger partial charge in [0.25, 0.3) is 0 Å². The molecule has 2 nitrogen and oxygen atoms in total. The van der Waals surface area contributed by atoms with Crippen LogP contribution in [-0.2, 0) is 0 Å². The minimum absolute atomic E-state index is 0.912. The monoisotopic (exact) mass is 527 g/mol. The second kappa shape index (κ2) is 10.7. The molecule has 0 aliphatic carbocycles. The normalized spacial score (nSPS) is 11.0. The van der Waals surface area contributed by atoms with Crippen molar-refractivity contribution in [2.24, 2.45) is 0 Å². The number of furan rings is 1. The minimum Gasteiger partial charge on any atom is -0.456 e. The zero-order valence-electron chi connectivity index (χ0n) is 22.9. The number of aryl methyl sites for hydroxylation is 1. The average molecular weight is 528 g/mol. The second-order valence-electron chi connectivity index (χ2n) is 10.3. The number of benzene rings is 6. The summed E-state index contributed by atoms with van der Waals surface area (Å²) >= 11 is 0. The summed E-state index contributed by atoms with van der Waals surface area (Å²) in [5, 5.41) is 1.15. The number of fused-ring (bicyclic) bond motifs is 1. The number of nitrogens with zero attached hydrogens (tertiary/aromatic N) is 1. The lowest BCUT2D eigenvalue weighted by Gasteiger charge is -2.26. The van der Waals surface area contributed by atoms with E-state index in [2.05, 4.69) is 157 Å². The maximum Gasteiger partial charge on any atom is 0.138 e. The van der Waals surface area contributed by atoms with Crippen molar-refractivity contribution in [3.63, 3.8) is 0 Å². The number of anilines is 3. The van der Waals surface area contributed by atoms with E-state index in [-0.39, 0.29) is 0 Å². The van der Waals surface area contributed by atoms with Gasteiger partial charge in [0.15, 0.2) is 0 Å². The van der Waals surface area contributed by atoms with Crippen molar-refractivity contribution in [3.8, 4) is 33.6 Å². The Labute approximate surface area is 240 Å². The lowest BCUT2D eigenvalue weighted by atomic mass is 9.99. The maximum atomic E-state index is 6.32. The van der Waals surface area contributed by atoms with Crippen molar-refractivity contribution in [2.75, 3.05) is 4.90 Å². The van der Waals surface area contributed by atoms with E-state index in [1.54, 1.807) is 0 Å². The third kappa shape index (κ3) is 4.81. The summed E-state index contributed by atoms with van der Waals surface area (Å²) in [6.45, 7) is 2.13. The highest BCUT2D eigenvalue weighted by molar-refractivity contribution is 5.89. The highest BCUT2D eigenvalue weighted by Crippen LogP contribution is 2.39. The van der Waals surface area contributed by atoms with Gasteiger partial charge < -0.3 is 9.32 Å². The largest absolute Gasteiger partial charge is 0.456 e. The van der Waals surface area contributed by atoms with Crippen LogP contribution in [0.3, 0.4) is 0 Å². The Hall–Kier alpha value is -5.34. The standard InChI is InChI=1S/C39H29NO/c1-28-37-20-8-9-21-38(37)41-39(28)33-16-11-19-36(27-33)40(34-17-6-3-7-18-34)35-24-22-30(23-25-35)32-15-10-14-31(26-32)29-12-4-2-5-13-29/h2-27H,1H3. The molecule has 0 saturated heterocycles. The van der Waals surface area contributed by atoms with E-state index in [1.165, 1.54) is 22.3 Å². The first-order chi connectivity index (χ1) is 20.2. The highest BCUT2D eigenvalue weighted by Gasteiger charge is 2.16. The first-order valence-corrected chi connectivity index (χ1v) is 13.9. The van der Waals surface area contributed by atoms with Crippen LogP contribution in [0.4, 0.5) is 17.1 Å². The van der Waals surface area contributed by atoms with Crippen LogP contribution < -0.4 is 4.90 Å². The van der Waals surface area contributed by atoms with Crippen molar-refractivity contribution < 1.29 is 4.42 Å². The molecule has 41 heavy (non-hydrogen) atoms. The zero-order chi connectivity index (χ0) is 27.6. The molecule has 0 aliphatic heterocycles. The fraction of sp³-hybridized carbons (Fsp3) is 0.0256. The van der Waals surface area contributed by atoms with E-state index < -0.39 is 0 Å². The van der Waals surface area contributed by atoms with Crippen LogP contribution in [0.15, 0.2) is 162 Å². The van der Waals surface area contributed by atoms with Gasteiger partial charge in [-0.2, -0.15) is 0 Å². The molecule has 1 heterocycles. The number of hydrogen-bond acceptors (Lipinski definition) is 2. The predicted octanol–water partition coefficient (Wildman–Crippen LogP) is 11.2. The Bertz CT molecular complexity index is 1940. The lowest BCUT2D eigenvalue weighted by molar-refractivity contribution is 0.629. The molecular weight excluding hydrogens is 498 g/mol. The molecule has 0 N–H and O–H groups in total. The Balaban J connectivity index is 1.27. The Morgan fingerprint density at radius 1 is 0.415 bits per heavy atom. The molecule has 0 unspecified atom stereocenters. The molecule has 0 amide bonds. The summed E-state index contributed by atoms with van der Waals surface area (Å²) in [5.41, 5.74) is 11.2. The smallest absolute Gasteiger partial charge is 0.138 e. The van der Waals surface area contributed by atoms with Crippen LogP contribution in [0.5, 0.6) is 0 Å². The maximum absolute atomic E-state index is 6.32. The first-order valence-electron chi connectivity index (χ1n) is 13.9. The van der Waals surface area contributed by atoms with Crippen LogP contribution in [-0.4, -0.2) is 0 Å². The third-order valence-electron chi connectivity index (χ3n) is 7.65. The van der Waals surface area contributed by atoms with Gasteiger partial charge >= 0.3 is 0 Å². The molecule has 0 atom stereocenters. The molecule has 0 fully saturated rings. The van der Waals surface area contributed by atoms with Gasteiger partial charge in [-0.05, 0) is 77.7 Å². The van der Waals surface area contributed by atoms with Crippen LogP contribution >= 0.6 is 0 Å². The van der Waals surface area contributed by atoms with Crippen molar-refractivity contribution in [3.05, 3.63) is 163 Å². The van der Waals surface area contributed by atoms with Crippen LogP contribution in [0.25, 0.3) is 44.5 Å². The van der Waals surface area contributed by atoms with Crippen molar-refractivity contribution in [2.45, 2.75) is 6.92 Å².